The van der Waals surface area contributed by atoms with Crippen LogP contribution in [0.3, 0.4) is 0 Å². The van der Waals surface area contributed by atoms with Crippen LogP contribution in [0.15, 0.2) is 18.2 Å². The van der Waals surface area contributed by atoms with Crippen molar-refractivity contribution in [1.29, 1.82) is 0 Å². The van der Waals surface area contributed by atoms with E-state index in [1.165, 1.54) is 0 Å². The Kier molecular flexibility index (Phi) is 3.59. The number of carbonyl (C=O) groups is 2. The average Bonchev–Trinajstić information content (AvgIpc) is 2.41. The molecule has 3 N–H and O–H groups in total. The summed E-state index contributed by atoms with van der Waals surface area (Å²) in [6.07, 6.45) is 0. The van der Waals surface area contributed by atoms with Crippen molar-refractivity contribution in [2.24, 2.45) is 0 Å². The number of piperazine rings is 1. The third-order valence-corrected chi connectivity index (χ3v) is 3.31. The minimum absolute atomic E-state index is 0.0704. The Labute approximate surface area is 112 Å². The van der Waals surface area contributed by atoms with Crippen LogP contribution in [0.5, 0.6) is 0 Å². The summed E-state index contributed by atoms with van der Waals surface area (Å²) < 4.78 is 0. The number of rotatable bonds is 2. The SMILES string of the molecule is CNC(=O)c1ccc(N2CCN(C)C(=O)C2)c(N)c1. The van der Waals surface area contributed by atoms with Crippen molar-refractivity contribution in [2.45, 2.75) is 0 Å². The van der Waals surface area contributed by atoms with Crippen LogP contribution < -0.4 is 16.0 Å². The van der Waals surface area contributed by atoms with E-state index in [9.17, 15) is 9.59 Å². The van der Waals surface area contributed by atoms with Gasteiger partial charge in [0.05, 0.1) is 17.9 Å². The van der Waals surface area contributed by atoms with Gasteiger partial charge in [-0.3, -0.25) is 9.59 Å². The summed E-state index contributed by atoms with van der Waals surface area (Å²) in [4.78, 5) is 26.8. The molecule has 102 valence electrons. The number of nitrogens with two attached hydrogens (primary N) is 1. The van der Waals surface area contributed by atoms with Crippen LogP contribution in [0, 0.1) is 0 Å². The average molecular weight is 262 g/mol. The van der Waals surface area contributed by atoms with Gasteiger partial charge in [-0.25, -0.2) is 0 Å². The largest absolute Gasteiger partial charge is 0.397 e. The second-order valence-electron chi connectivity index (χ2n) is 4.59. The molecule has 0 unspecified atom stereocenters. The van der Waals surface area contributed by atoms with Crippen molar-refractivity contribution in [3.63, 3.8) is 0 Å². The van der Waals surface area contributed by atoms with Gasteiger partial charge < -0.3 is 20.9 Å². The number of anilines is 2. The van der Waals surface area contributed by atoms with Gasteiger partial charge in [-0.15, -0.1) is 0 Å². The molecule has 1 heterocycles. The molecule has 2 amide bonds. The standard InChI is InChI=1S/C13H18N4O2/c1-15-13(19)9-3-4-11(10(14)7-9)17-6-5-16(2)12(18)8-17/h3-4,7H,5-6,8,14H2,1-2H3,(H,15,19). The first-order chi connectivity index (χ1) is 9.02. The van der Waals surface area contributed by atoms with E-state index in [4.69, 9.17) is 5.73 Å². The predicted molar refractivity (Wildman–Crippen MR) is 74.1 cm³/mol. The normalized spacial score (nSPS) is 15.6. The molecular formula is C13H18N4O2. The van der Waals surface area contributed by atoms with Crippen molar-refractivity contribution >= 4 is 23.2 Å². The van der Waals surface area contributed by atoms with Gasteiger partial charge in [0.2, 0.25) is 5.91 Å². The summed E-state index contributed by atoms with van der Waals surface area (Å²) in [5.74, 6) is -0.103. The van der Waals surface area contributed by atoms with Gasteiger partial charge >= 0.3 is 0 Å². The van der Waals surface area contributed by atoms with Crippen LogP contribution >= 0.6 is 0 Å². The Morgan fingerprint density at radius 2 is 2.11 bits per heavy atom. The first-order valence-electron chi connectivity index (χ1n) is 6.13. The lowest BCUT2D eigenvalue weighted by atomic mass is 10.1. The first-order valence-corrected chi connectivity index (χ1v) is 6.13. The van der Waals surface area contributed by atoms with Crippen molar-refractivity contribution in [3.05, 3.63) is 23.8 Å². The zero-order chi connectivity index (χ0) is 14.0. The van der Waals surface area contributed by atoms with Crippen LogP contribution in [-0.4, -0.2) is 50.4 Å². The van der Waals surface area contributed by atoms with Crippen molar-refractivity contribution in [2.75, 3.05) is 44.4 Å². The third kappa shape index (κ3) is 2.62. The molecule has 0 radical (unpaired) electrons. The fourth-order valence-electron chi connectivity index (χ4n) is 2.09. The van der Waals surface area contributed by atoms with Crippen LogP contribution in [0.2, 0.25) is 0 Å². The smallest absolute Gasteiger partial charge is 0.251 e. The molecule has 0 saturated carbocycles. The van der Waals surface area contributed by atoms with Gasteiger partial charge in [0.1, 0.15) is 0 Å². The predicted octanol–water partition coefficient (Wildman–Crippen LogP) is -0.0932. The molecule has 0 aliphatic carbocycles. The lowest BCUT2D eigenvalue weighted by Gasteiger charge is -2.34. The molecule has 2 rings (SSSR count). The zero-order valence-electron chi connectivity index (χ0n) is 11.1. The highest BCUT2D eigenvalue weighted by Gasteiger charge is 2.22. The number of benzene rings is 1. The molecule has 0 aromatic heterocycles. The molecule has 1 aliphatic heterocycles. The molecule has 6 heteroatoms. The van der Waals surface area contributed by atoms with Crippen LogP contribution in [0.1, 0.15) is 10.4 Å². The maximum atomic E-state index is 11.7. The van der Waals surface area contributed by atoms with Crippen LogP contribution in [-0.2, 0) is 4.79 Å². The molecule has 0 bridgehead atoms. The Bertz CT molecular complexity index is 515. The number of nitrogens with one attached hydrogen (secondary N) is 1. The highest BCUT2D eigenvalue weighted by molar-refractivity contribution is 5.96. The van der Waals surface area contributed by atoms with Gasteiger partial charge in [0, 0.05) is 32.7 Å². The summed E-state index contributed by atoms with van der Waals surface area (Å²) in [6, 6.07) is 5.14. The number of amides is 2. The van der Waals surface area contributed by atoms with Gasteiger partial charge in [0.15, 0.2) is 0 Å². The Balaban J connectivity index is 2.22. The van der Waals surface area contributed by atoms with Crippen LogP contribution in [0.4, 0.5) is 11.4 Å². The van der Waals surface area contributed by atoms with E-state index >= 15 is 0 Å². The maximum absolute atomic E-state index is 11.7. The first kappa shape index (κ1) is 13.2. The number of hydrogen-bond acceptors (Lipinski definition) is 4. The zero-order valence-corrected chi connectivity index (χ0v) is 11.1. The fraction of sp³-hybridized carbons (Fsp3) is 0.385. The number of hydrogen-bond donors (Lipinski definition) is 2. The topological polar surface area (TPSA) is 78.7 Å². The molecule has 1 saturated heterocycles. The molecule has 1 aromatic carbocycles. The minimum atomic E-state index is -0.173. The van der Waals surface area contributed by atoms with Crippen molar-refractivity contribution in [1.82, 2.24) is 10.2 Å². The Morgan fingerprint density at radius 1 is 1.37 bits per heavy atom. The van der Waals surface area contributed by atoms with Crippen LogP contribution in [0.25, 0.3) is 0 Å². The van der Waals surface area contributed by atoms with E-state index in [0.29, 0.717) is 24.3 Å². The molecule has 1 fully saturated rings. The number of nitrogen functional groups attached to an aromatic ring is 1. The fourth-order valence-corrected chi connectivity index (χ4v) is 2.09. The third-order valence-electron chi connectivity index (χ3n) is 3.31. The summed E-state index contributed by atoms with van der Waals surface area (Å²) in [5.41, 5.74) is 7.81. The molecule has 0 atom stereocenters. The van der Waals surface area contributed by atoms with Gasteiger partial charge in [-0.05, 0) is 18.2 Å². The second kappa shape index (κ2) is 5.17. The molecule has 0 spiro atoms. The molecule has 1 aromatic rings. The second-order valence-corrected chi connectivity index (χ2v) is 4.59. The van der Waals surface area contributed by atoms with Gasteiger partial charge in [-0.1, -0.05) is 0 Å². The van der Waals surface area contributed by atoms with E-state index < -0.39 is 0 Å². The molecule has 1 aliphatic rings. The van der Waals surface area contributed by atoms with E-state index in [2.05, 4.69) is 5.32 Å². The highest BCUT2D eigenvalue weighted by atomic mass is 16.2. The number of likely N-dealkylation sites (N-methyl/N-ethyl adjacent to an activating group) is 1. The van der Waals surface area contributed by atoms with Crippen molar-refractivity contribution in [3.8, 4) is 0 Å². The number of carbonyl (C=O) groups excluding carboxylic acids is 2. The van der Waals surface area contributed by atoms with E-state index in [1.807, 2.05) is 4.90 Å². The monoisotopic (exact) mass is 262 g/mol. The molecule has 6 nitrogen and oxygen atoms in total. The molecule has 19 heavy (non-hydrogen) atoms. The summed E-state index contributed by atoms with van der Waals surface area (Å²) in [7, 11) is 3.36. The Hall–Kier alpha value is -2.24. The van der Waals surface area contributed by atoms with Crippen molar-refractivity contribution < 1.29 is 9.59 Å². The summed E-state index contributed by atoms with van der Waals surface area (Å²) >= 11 is 0. The summed E-state index contributed by atoms with van der Waals surface area (Å²) in [6.45, 7) is 1.74. The molecular weight excluding hydrogens is 244 g/mol. The van der Waals surface area contributed by atoms with Gasteiger partial charge in [0.25, 0.3) is 5.91 Å². The maximum Gasteiger partial charge on any atom is 0.251 e. The van der Waals surface area contributed by atoms with Gasteiger partial charge in [-0.2, -0.15) is 0 Å². The summed E-state index contributed by atoms with van der Waals surface area (Å²) in [5, 5.41) is 2.55. The lowest BCUT2D eigenvalue weighted by molar-refractivity contribution is -0.129. The van der Waals surface area contributed by atoms with E-state index in [0.717, 1.165) is 12.2 Å². The number of nitrogens with zero attached hydrogens (tertiary/aromatic N) is 2. The Morgan fingerprint density at radius 3 is 2.68 bits per heavy atom. The van der Waals surface area contributed by atoms with E-state index in [-0.39, 0.29) is 11.8 Å². The highest BCUT2D eigenvalue weighted by Crippen LogP contribution is 2.25. The lowest BCUT2D eigenvalue weighted by Crippen LogP contribution is -2.48. The quantitative estimate of drug-likeness (QED) is 0.730. The van der Waals surface area contributed by atoms with E-state index in [1.54, 1.807) is 37.2 Å². The minimum Gasteiger partial charge on any atom is -0.397 e.